The number of benzene rings is 1. The standard InChI is InChI=1S/C18H24N2O7S2/c1-18-9-8-14-13-5-3-12(27-29(25,26)20-19-28(22,23)24)10-11(13)2-4-15(14)16(18)6-7-17(18)21/h3,5,10,14-16,19-20H,2,4,6-9H2,1H3,(H,22,23,24)/t14?,15?,16?,18-/m0/s1. The van der Waals surface area contributed by atoms with Gasteiger partial charge in [-0.3, -0.25) is 9.35 Å². The molecule has 3 aliphatic carbocycles. The van der Waals surface area contributed by atoms with Gasteiger partial charge in [-0.1, -0.05) is 13.0 Å². The number of carbonyl (C=O) groups excluding carboxylic acids is 1. The van der Waals surface area contributed by atoms with E-state index in [1.807, 2.05) is 6.07 Å². The number of fused-ring (bicyclic) bond motifs is 5. The van der Waals surface area contributed by atoms with Gasteiger partial charge in [-0.05, 0) is 73.1 Å². The summed E-state index contributed by atoms with van der Waals surface area (Å²) < 4.78 is 58.3. The Morgan fingerprint density at radius 3 is 2.59 bits per heavy atom. The fourth-order valence-corrected chi connectivity index (χ4v) is 6.86. The van der Waals surface area contributed by atoms with Crippen LogP contribution in [0.1, 0.15) is 56.1 Å². The summed E-state index contributed by atoms with van der Waals surface area (Å²) in [7, 11) is -9.22. The predicted molar refractivity (Wildman–Crippen MR) is 103 cm³/mol. The first-order chi connectivity index (χ1) is 13.5. The second kappa shape index (κ2) is 7.02. The summed E-state index contributed by atoms with van der Waals surface area (Å²) in [6, 6.07) is 5.07. The number of nitrogens with one attached hydrogen (secondary N) is 2. The van der Waals surface area contributed by atoms with Gasteiger partial charge in [-0.25, -0.2) is 0 Å². The highest BCUT2D eigenvalue weighted by molar-refractivity contribution is 7.87. The van der Waals surface area contributed by atoms with Crippen LogP contribution >= 0.6 is 0 Å². The number of rotatable bonds is 5. The van der Waals surface area contributed by atoms with Gasteiger partial charge in [-0.15, -0.1) is 9.66 Å². The van der Waals surface area contributed by atoms with Crippen LogP contribution < -0.4 is 13.8 Å². The first-order valence-electron chi connectivity index (χ1n) is 9.60. The third-order valence-corrected chi connectivity index (χ3v) is 8.16. The summed E-state index contributed by atoms with van der Waals surface area (Å²) in [6.07, 6.45) is 5.17. The number of hydrogen-bond donors (Lipinski definition) is 3. The number of hydrazine groups is 1. The Hall–Kier alpha value is -1.53. The topological polar surface area (TPSA) is 139 Å². The second-order valence-electron chi connectivity index (χ2n) is 8.41. The Bertz CT molecular complexity index is 1050. The van der Waals surface area contributed by atoms with Crippen molar-refractivity contribution >= 4 is 26.4 Å². The number of carbonyl (C=O) groups is 1. The molecule has 2 fully saturated rings. The van der Waals surface area contributed by atoms with Gasteiger partial charge in [0.05, 0.1) is 0 Å². The quantitative estimate of drug-likeness (QED) is 0.463. The molecule has 0 radical (unpaired) electrons. The molecule has 1 aromatic carbocycles. The molecule has 0 spiro atoms. The van der Waals surface area contributed by atoms with Crippen molar-refractivity contribution in [3.63, 3.8) is 0 Å². The van der Waals surface area contributed by atoms with Gasteiger partial charge >= 0.3 is 20.6 Å². The van der Waals surface area contributed by atoms with Crippen molar-refractivity contribution in [1.29, 1.82) is 0 Å². The fraction of sp³-hybridized carbons (Fsp3) is 0.611. The summed E-state index contributed by atoms with van der Waals surface area (Å²) in [5.41, 5.74) is 1.99. The lowest BCUT2D eigenvalue weighted by Crippen LogP contribution is -2.43. The lowest BCUT2D eigenvalue weighted by atomic mass is 9.55. The van der Waals surface area contributed by atoms with Crippen molar-refractivity contribution in [3.8, 4) is 5.75 Å². The van der Waals surface area contributed by atoms with Crippen molar-refractivity contribution < 1.29 is 30.4 Å². The van der Waals surface area contributed by atoms with E-state index in [1.54, 1.807) is 12.1 Å². The zero-order valence-corrected chi connectivity index (χ0v) is 17.6. The Balaban J connectivity index is 1.53. The van der Waals surface area contributed by atoms with Gasteiger partial charge in [0.2, 0.25) is 0 Å². The lowest BCUT2D eigenvalue weighted by Gasteiger charge is -2.48. The van der Waals surface area contributed by atoms with E-state index in [4.69, 9.17) is 8.74 Å². The molecular formula is C18H24N2O7S2. The van der Waals surface area contributed by atoms with Gasteiger partial charge in [0, 0.05) is 11.8 Å². The van der Waals surface area contributed by atoms with Crippen LogP contribution in [-0.2, 0) is 31.8 Å². The average Bonchev–Trinajstić information content (AvgIpc) is 2.94. The van der Waals surface area contributed by atoms with Crippen LogP contribution in [-0.4, -0.2) is 27.2 Å². The van der Waals surface area contributed by atoms with Crippen molar-refractivity contribution in [1.82, 2.24) is 9.66 Å². The van der Waals surface area contributed by atoms with Crippen molar-refractivity contribution in [2.75, 3.05) is 0 Å². The van der Waals surface area contributed by atoms with Crippen LogP contribution in [0.5, 0.6) is 5.75 Å². The molecule has 0 amide bonds. The number of hydrogen-bond acceptors (Lipinski definition) is 6. The van der Waals surface area contributed by atoms with Crippen molar-refractivity contribution in [3.05, 3.63) is 29.3 Å². The normalized spacial score (nSPS) is 31.7. The smallest absolute Gasteiger partial charge is 0.370 e. The Morgan fingerprint density at radius 1 is 1.10 bits per heavy atom. The summed E-state index contributed by atoms with van der Waals surface area (Å²) in [5.74, 6) is 1.68. The van der Waals surface area contributed by atoms with E-state index >= 15 is 0 Å². The molecule has 0 aromatic heterocycles. The van der Waals surface area contributed by atoms with Crippen molar-refractivity contribution in [2.45, 2.75) is 51.4 Å². The Morgan fingerprint density at radius 2 is 1.86 bits per heavy atom. The highest BCUT2D eigenvalue weighted by Gasteiger charge is 2.54. The molecule has 29 heavy (non-hydrogen) atoms. The Kier molecular flexibility index (Phi) is 5.02. The maximum absolute atomic E-state index is 12.4. The largest absolute Gasteiger partial charge is 0.396 e. The highest BCUT2D eigenvalue weighted by atomic mass is 32.2. The molecule has 2 saturated carbocycles. The molecule has 3 N–H and O–H groups in total. The minimum atomic E-state index is -4.74. The summed E-state index contributed by atoms with van der Waals surface area (Å²) >= 11 is 0. The van der Waals surface area contributed by atoms with Gasteiger partial charge in [0.15, 0.2) is 0 Å². The third-order valence-electron chi connectivity index (χ3n) is 6.91. The SMILES string of the molecule is C[C@]12CCC3c4ccc(OS(=O)(=O)NNS(=O)(=O)O)cc4CCC3C1CCC2=O. The lowest BCUT2D eigenvalue weighted by molar-refractivity contribution is -0.129. The molecule has 0 heterocycles. The summed E-state index contributed by atoms with van der Waals surface area (Å²) in [4.78, 5) is 15.1. The van der Waals surface area contributed by atoms with Crippen LogP contribution in [0.2, 0.25) is 0 Å². The minimum Gasteiger partial charge on any atom is -0.370 e. The molecule has 0 saturated heterocycles. The molecule has 160 valence electrons. The van der Waals surface area contributed by atoms with E-state index in [1.165, 1.54) is 15.2 Å². The monoisotopic (exact) mass is 444 g/mol. The van der Waals surface area contributed by atoms with E-state index in [0.29, 0.717) is 30.0 Å². The minimum absolute atomic E-state index is 0.0588. The molecule has 3 unspecified atom stereocenters. The van der Waals surface area contributed by atoms with Gasteiger partial charge < -0.3 is 4.18 Å². The summed E-state index contributed by atoms with van der Waals surface area (Å²) in [6.45, 7) is 2.12. The van der Waals surface area contributed by atoms with E-state index in [0.717, 1.165) is 37.7 Å². The van der Waals surface area contributed by atoms with Crippen LogP contribution in [0, 0.1) is 17.3 Å². The number of Topliss-reactive ketones (excluding diaryl/α,β-unsaturated/α-hetero) is 1. The molecule has 9 nitrogen and oxygen atoms in total. The average molecular weight is 445 g/mol. The van der Waals surface area contributed by atoms with E-state index in [9.17, 15) is 21.6 Å². The van der Waals surface area contributed by atoms with Crippen molar-refractivity contribution in [2.24, 2.45) is 17.3 Å². The van der Waals surface area contributed by atoms with Crippen LogP contribution in [0.4, 0.5) is 0 Å². The first-order valence-corrected chi connectivity index (χ1v) is 12.4. The molecule has 3 aliphatic rings. The molecular weight excluding hydrogens is 420 g/mol. The van der Waals surface area contributed by atoms with Gasteiger partial charge in [0.1, 0.15) is 11.5 Å². The Labute approximate surface area is 170 Å². The highest BCUT2D eigenvalue weighted by Crippen LogP contribution is 2.59. The predicted octanol–water partition coefficient (Wildman–Crippen LogP) is 1.63. The van der Waals surface area contributed by atoms with E-state index < -0.39 is 20.6 Å². The maximum atomic E-state index is 12.4. The van der Waals surface area contributed by atoms with E-state index in [-0.39, 0.29) is 11.2 Å². The van der Waals surface area contributed by atoms with Crippen LogP contribution in [0.3, 0.4) is 0 Å². The molecule has 11 heteroatoms. The van der Waals surface area contributed by atoms with Gasteiger partial charge in [-0.2, -0.15) is 16.8 Å². The third kappa shape index (κ3) is 3.93. The van der Waals surface area contributed by atoms with Gasteiger partial charge in [0.25, 0.3) is 0 Å². The second-order valence-corrected chi connectivity index (χ2v) is 10.8. The van der Waals surface area contributed by atoms with Crippen LogP contribution in [0.25, 0.3) is 0 Å². The van der Waals surface area contributed by atoms with Crippen LogP contribution in [0.15, 0.2) is 18.2 Å². The summed E-state index contributed by atoms with van der Waals surface area (Å²) in [5, 5.41) is 0. The molecule has 0 aliphatic heterocycles. The van der Waals surface area contributed by atoms with E-state index in [2.05, 4.69) is 6.92 Å². The molecule has 4 atom stereocenters. The molecule has 1 aromatic rings. The fourth-order valence-electron chi connectivity index (χ4n) is 5.63. The maximum Gasteiger partial charge on any atom is 0.396 e. The zero-order chi connectivity index (χ0) is 21.0. The zero-order valence-electron chi connectivity index (χ0n) is 15.9. The first kappa shape index (κ1) is 20.7. The number of ketones is 1. The molecule has 4 rings (SSSR count). The molecule has 0 bridgehead atoms. The number of aryl methyl sites for hydroxylation is 1.